The summed E-state index contributed by atoms with van der Waals surface area (Å²) >= 11 is 0. The van der Waals surface area contributed by atoms with E-state index in [1.54, 1.807) is 18.3 Å². The molecule has 0 saturated carbocycles. The molecule has 0 aliphatic rings. The Labute approximate surface area is 163 Å². The molecule has 0 atom stereocenters. The summed E-state index contributed by atoms with van der Waals surface area (Å²) < 4.78 is 11.0. The van der Waals surface area contributed by atoms with Crippen molar-refractivity contribution in [2.75, 3.05) is 7.11 Å². The van der Waals surface area contributed by atoms with Crippen molar-refractivity contribution in [1.82, 2.24) is 4.98 Å². The maximum atomic E-state index is 10.2. The molecule has 0 aliphatic heterocycles. The highest BCUT2D eigenvalue weighted by atomic mass is 16.5. The van der Waals surface area contributed by atoms with Crippen LogP contribution in [-0.4, -0.2) is 23.4 Å². The number of aromatic nitrogens is 1. The second-order valence-electron chi connectivity index (χ2n) is 6.65. The van der Waals surface area contributed by atoms with Crippen molar-refractivity contribution in [3.8, 4) is 23.0 Å². The van der Waals surface area contributed by atoms with Gasteiger partial charge in [-0.2, -0.15) is 0 Å². The van der Waals surface area contributed by atoms with E-state index in [1.165, 1.54) is 7.11 Å². The first-order chi connectivity index (χ1) is 13.5. The predicted octanol–water partition coefficient (Wildman–Crippen LogP) is 5.58. The SMILES string of the molecule is COc1cccc(C=Nc2ccc(-c3nc4cc(C)ccc4o3)cc2C)c1O. The molecule has 4 rings (SSSR count). The zero-order valence-corrected chi connectivity index (χ0v) is 15.9. The van der Waals surface area contributed by atoms with Crippen LogP contribution < -0.4 is 4.74 Å². The van der Waals surface area contributed by atoms with Gasteiger partial charge in [-0.25, -0.2) is 4.98 Å². The van der Waals surface area contributed by atoms with Gasteiger partial charge in [-0.3, -0.25) is 4.99 Å². The Kier molecular flexibility index (Phi) is 4.57. The van der Waals surface area contributed by atoms with Crippen LogP contribution in [0.25, 0.3) is 22.6 Å². The second-order valence-corrected chi connectivity index (χ2v) is 6.65. The van der Waals surface area contributed by atoms with Gasteiger partial charge in [0.1, 0.15) is 5.52 Å². The Hall–Kier alpha value is -3.60. The maximum absolute atomic E-state index is 10.2. The largest absolute Gasteiger partial charge is 0.504 e. The van der Waals surface area contributed by atoms with Gasteiger partial charge in [0.15, 0.2) is 17.1 Å². The van der Waals surface area contributed by atoms with Crippen molar-refractivity contribution < 1.29 is 14.3 Å². The van der Waals surface area contributed by atoms with Crippen LogP contribution in [0.1, 0.15) is 16.7 Å². The number of rotatable bonds is 4. The fourth-order valence-corrected chi connectivity index (χ4v) is 3.04. The number of phenols is 1. The molecule has 1 N–H and O–H groups in total. The number of hydrogen-bond acceptors (Lipinski definition) is 5. The average Bonchev–Trinajstić information content (AvgIpc) is 3.11. The van der Waals surface area contributed by atoms with Crippen LogP contribution in [0.3, 0.4) is 0 Å². The minimum atomic E-state index is 0.0739. The lowest BCUT2D eigenvalue weighted by molar-refractivity contribution is 0.373. The highest BCUT2D eigenvalue weighted by molar-refractivity contribution is 5.87. The fourth-order valence-electron chi connectivity index (χ4n) is 3.04. The average molecular weight is 372 g/mol. The standard InChI is InChI=1S/C23H20N2O3/c1-14-7-10-20-19(11-14)25-23(28-20)16-8-9-18(15(2)12-16)24-13-17-5-4-6-21(27-3)22(17)26/h4-13,26H,1-3H3. The van der Waals surface area contributed by atoms with Crippen LogP contribution in [0.4, 0.5) is 5.69 Å². The number of phenolic OH excluding ortho intramolecular Hbond substituents is 1. The number of nitrogens with zero attached hydrogens (tertiary/aromatic N) is 2. The molecule has 0 bridgehead atoms. The minimum Gasteiger partial charge on any atom is -0.504 e. The number of benzene rings is 3. The molecule has 0 radical (unpaired) electrons. The summed E-state index contributed by atoms with van der Waals surface area (Å²) in [5, 5.41) is 10.2. The van der Waals surface area contributed by atoms with Gasteiger partial charge in [-0.05, 0) is 67.4 Å². The first-order valence-corrected chi connectivity index (χ1v) is 8.93. The third-order valence-electron chi connectivity index (χ3n) is 4.58. The number of aryl methyl sites for hydroxylation is 2. The molecule has 1 aromatic heterocycles. The van der Waals surface area contributed by atoms with E-state index in [-0.39, 0.29) is 5.75 Å². The van der Waals surface area contributed by atoms with Gasteiger partial charge in [-0.15, -0.1) is 0 Å². The molecule has 0 aliphatic carbocycles. The van der Waals surface area contributed by atoms with Crippen LogP contribution in [0.5, 0.6) is 11.5 Å². The molecule has 0 saturated heterocycles. The third kappa shape index (κ3) is 3.34. The van der Waals surface area contributed by atoms with Gasteiger partial charge < -0.3 is 14.3 Å². The van der Waals surface area contributed by atoms with Gasteiger partial charge in [0.25, 0.3) is 0 Å². The van der Waals surface area contributed by atoms with Crippen LogP contribution in [0.15, 0.2) is 64.0 Å². The number of hydrogen-bond donors (Lipinski definition) is 1. The van der Waals surface area contributed by atoms with Crippen molar-refractivity contribution >= 4 is 23.0 Å². The molecule has 5 nitrogen and oxygen atoms in total. The Morgan fingerprint density at radius 1 is 1.07 bits per heavy atom. The first kappa shape index (κ1) is 17.8. The molecule has 1 heterocycles. The van der Waals surface area contributed by atoms with Crippen molar-refractivity contribution in [2.45, 2.75) is 13.8 Å². The van der Waals surface area contributed by atoms with Crippen molar-refractivity contribution in [3.63, 3.8) is 0 Å². The Morgan fingerprint density at radius 2 is 1.93 bits per heavy atom. The summed E-state index contributed by atoms with van der Waals surface area (Å²) in [5.41, 5.74) is 6.05. The van der Waals surface area contributed by atoms with Crippen molar-refractivity contribution in [2.24, 2.45) is 4.99 Å². The van der Waals surface area contributed by atoms with Crippen LogP contribution >= 0.6 is 0 Å². The first-order valence-electron chi connectivity index (χ1n) is 8.93. The van der Waals surface area contributed by atoms with Crippen LogP contribution in [0, 0.1) is 13.8 Å². The number of ether oxygens (including phenoxy) is 1. The summed E-state index contributed by atoms with van der Waals surface area (Å²) in [4.78, 5) is 9.10. The quantitative estimate of drug-likeness (QED) is 0.475. The second kappa shape index (κ2) is 7.19. The lowest BCUT2D eigenvalue weighted by atomic mass is 10.1. The third-order valence-corrected chi connectivity index (χ3v) is 4.58. The van der Waals surface area contributed by atoms with Gasteiger partial charge >= 0.3 is 0 Å². The molecular formula is C23H20N2O3. The topological polar surface area (TPSA) is 67.9 Å². The number of oxazole rings is 1. The van der Waals surface area contributed by atoms with Gasteiger partial charge in [0.2, 0.25) is 5.89 Å². The number of fused-ring (bicyclic) bond motifs is 1. The lowest BCUT2D eigenvalue weighted by Gasteiger charge is -2.06. The van der Waals surface area contributed by atoms with E-state index in [0.29, 0.717) is 17.2 Å². The number of methoxy groups -OCH3 is 1. The van der Waals surface area contributed by atoms with Gasteiger partial charge in [0, 0.05) is 17.3 Å². The van der Waals surface area contributed by atoms with E-state index in [9.17, 15) is 5.11 Å². The van der Waals surface area contributed by atoms with E-state index in [2.05, 4.69) is 9.98 Å². The summed E-state index contributed by atoms with van der Waals surface area (Å²) in [6.07, 6.45) is 1.63. The van der Waals surface area contributed by atoms with Crippen LogP contribution in [-0.2, 0) is 0 Å². The molecule has 0 unspecified atom stereocenters. The van der Waals surface area contributed by atoms with E-state index < -0.39 is 0 Å². The van der Waals surface area contributed by atoms with Gasteiger partial charge in [0.05, 0.1) is 12.8 Å². The summed E-state index contributed by atoms with van der Waals surface area (Å²) in [5.74, 6) is 1.08. The van der Waals surface area contributed by atoms with Crippen molar-refractivity contribution in [3.05, 3.63) is 71.3 Å². The molecule has 4 aromatic rings. The Morgan fingerprint density at radius 3 is 2.71 bits per heavy atom. The van der Waals surface area contributed by atoms with Gasteiger partial charge in [-0.1, -0.05) is 12.1 Å². The summed E-state index contributed by atoms with van der Waals surface area (Å²) in [6.45, 7) is 4.01. The molecule has 0 spiro atoms. The summed E-state index contributed by atoms with van der Waals surface area (Å²) in [6, 6.07) is 17.1. The normalized spacial score (nSPS) is 11.4. The zero-order chi connectivity index (χ0) is 19.7. The minimum absolute atomic E-state index is 0.0739. The smallest absolute Gasteiger partial charge is 0.227 e. The number of para-hydroxylation sites is 1. The predicted molar refractivity (Wildman–Crippen MR) is 111 cm³/mol. The monoisotopic (exact) mass is 372 g/mol. The molecule has 0 amide bonds. The van der Waals surface area contributed by atoms with Crippen LogP contribution in [0.2, 0.25) is 0 Å². The Bertz CT molecular complexity index is 1190. The molecule has 5 heteroatoms. The maximum Gasteiger partial charge on any atom is 0.227 e. The fraction of sp³-hybridized carbons (Fsp3) is 0.130. The number of aromatic hydroxyl groups is 1. The molecule has 0 fully saturated rings. The van der Waals surface area contributed by atoms with E-state index in [0.717, 1.165) is 33.5 Å². The lowest BCUT2D eigenvalue weighted by Crippen LogP contribution is -1.88. The van der Waals surface area contributed by atoms with E-state index in [1.807, 2.05) is 56.3 Å². The van der Waals surface area contributed by atoms with E-state index >= 15 is 0 Å². The van der Waals surface area contributed by atoms with E-state index in [4.69, 9.17) is 9.15 Å². The zero-order valence-electron chi connectivity index (χ0n) is 15.9. The highest BCUT2D eigenvalue weighted by Gasteiger charge is 2.10. The molecule has 140 valence electrons. The summed E-state index contributed by atoms with van der Waals surface area (Å²) in [7, 11) is 1.52. The molecule has 28 heavy (non-hydrogen) atoms. The van der Waals surface area contributed by atoms with Crippen molar-refractivity contribution in [1.29, 1.82) is 0 Å². The molecular weight excluding hydrogens is 352 g/mol. The number of aliphatic imine (C=N–C) groups is 1. The highest BCUT2D eigenvalue weighted by Crippen LogP contribution is 2.31. The molecule has 3 aromatic carbocycles. The Balaban J connectivity index is 1.64.